The van der Waals surface area contributed by atoms with Crippen LogP contribution in [-0.2, 0) is 6.42 Å². The zero-order valence-corrected chi connectivity index (χ0v) is 10.3. The summed E-state index contributed by atoms with van der Waals surface area (Å²) in [5.74, 6) is -0.0212. The molecule has 0 heterocycles. The van der Waals surface area contributed by atoms with Crippen molar-refractivity contribution in [2.24, 2.45) is 0 Å². The highest BCUT2D eigenvalue weighted by Crippen LogP contribution is 2.20. The van der Waals surface area contributed by atoms with E-state index in [1.807, 2.05) is 37.3 Å². The largest absolute Gasteiger partial charge is 0.491 e. The van der Waals surface area contributed by atoms with E-state index in [1.165, 1.54) is 6.07 Å². The highest BCUT2D eigenvalue weighted by Gasteiger charge is 2.05. The van der Waals surface area contributed by atoms with Crippen LogP contribution in [0.1, 0.15) is 18.1 Å². The van der Waals surface area contributed by atoms with Crippen LogP contribution in [0.3, 0.4) is 0 Å². The number of hydrogen-bond donors (Lipinski definition) is 1. The van der Waals surface area contributed by atoms with Crippen LogP contribution in [0.25, 0.3) is 0 Å². The standard InChI is InChI=1S/C15H16FNO/c1-2-18-15-7-6-12(10-14(15)16)8-11-4-3-5-13(17)9-11/h3-7,9-10H,2,8,17H2,1H3. The Morgan fingerprint density at radius 1 is 1.11 bits per heavy atom. The average Bonchev–Trinajstić information content (AvgIpc) is 2.33. The topological polar surface area (TPSA) is 35.2 Å². The van der Waals surface area contributed by atoms with Gasteiger partial charge in [-0.15, -0.1) is 0 Å². The van der Waals surface area contributed by atoms with E-state index >= 15 is 0 Å². The molecule has 2 aromatic rings. The minimum atomic E-state index is -0.321. The lowest BCUT2D eigenvalue weighted by atomic mass is 10.0. The SMILES string of the molecule is CCOc1ccc(Cc2cccc(N)c2)cc1F. The third kappa shape index (κ3) is 3.00. The van der Waals surface area contributed by atoms with Gasteiger partial charge in [-0.25, -0.2) is 4.39 Å². The molecule has 2 N–H and O–H groups in total. The summed E-state index contributed by atoms with van der Waals surface area (Å²) < 4.78 is 18.8. The van der Waals surface area contributed by atoms with Gasteiger partial charge in [0.25, 0.3) is 0 Å². The van der Waals surface area contributed by atoms with E-state index in [4.69, 9.17) is 10.5 Å². The molecule has 0 unspecified atom stereocenters. The Balaban J connectivity index is 2.17. The smallest absolute Gasteiger partial charge is 0.165 e. The molecule has 0 amide bonds. The molecule has 0 bridgehead atoms. The predicted molar refractivity (Wildman–Crippen MR) is 71.2 cm³/mol. The summed E-state index contributed by atoms with van der Waals surface area (Å²) in [6.45, 7) is 2.30. The van der Waals surface area contributed by atoms with Crippen molar-refractivity contribution >= 4 is 5.69 Å². The molecule has 0 aliphatic carbocycles. The van der Waals surface area contributed by atoms with E-state index in [0.29, 0.717) is 18.8 Å². The first-order chi connectivity index (χ1) is 8.69. The number of rotatable bonds is 4. The summed E-state index contributed by atoms with van der Waals surface area (Å²) in [4.78, 5) is 0. The van der Waals surface area contributed by atoms with Gasteiger partial charge in [0.1, 0.15) is 0 Å². The first-order valence-electron chi connectivity index (χ1n) is 5.94. The Hall–Kier alpha value is -2.03. The number of ether oxygens (including phenoxy) is 1. The Labute approximate surface area is 106 Å². The van der Waals surface area contributed by atoms with E-state index in [9.17, 15) is 4.39 Å². The fourth-order valence-corrected chi connectivity index (χ4v) is 1.87. The van der Waals surface area contributed by atoms with Crippen molar-refractivity contribution in [3.05, 3.63) is 59.4 Å². The van der Waals surface area contributed by atoms with E-state index in [0.717, 1.165) is 16.8 Å². The van der Waals surface area contributed by atoms with E-state index in [1.54, 1.807) is 6.07 Å². The molecule has 0 aromatic heterocycles. The Bertz CT molecular complexity index is 540. The molecule has 2 rings (SSSR count). The predicted octanol–water partition coefficient (Wildman–Crippen LogP) is 3.40. The first kappa shape index (κ1) is 12.4. The summed E-state index contributed by atoms with van der Waals surface area (Å²) in [6.07, 6.45) is 0.661. The lowest BCUT2D eigenvalue weighted by Crippen LogP contribution is -1.96. The van der Waals surface area contributed by atoms with Gasteiger partial charge < -0.3 is 10.5 Å². The molecule has 2 nitrogen and oxygen atoms in total. The molecule has 0 aliphatic heterocycles. The lowest BCUT2D eigenvalue weighted by Gasteiger charge is -2.07. The molecule has 3 heteroatoms. The fourth-order valence-electron chi connectivity index (χ4n) is 1.87. The Morgan fingerprint density at radius 3 is 2.56 bits per heavy atom. The third-order valence-corrected chi connectivity index (χ3v) is 2.66. The van der Waals surface area contributed by atoms with Gasteiger partial charge in [0.05, 0.1) is 6.61 Å². The second-order valence-corrected chi connectivity index (χ2v) is 4.12. The molecule has 0 aliphatic rings. The lowest BCUT2D eigenvalue weighted by molar-refractivity contribution is 0.321. The van der Waals surface area contributed by atoms with Crippen LogP contribution in [0.2, 0.25) is 0 Å². The van der Waals surface area contributed by atoms with Crippen LogP contribution in [-0.4, -0.2) is 6.61 Å². The van der Waals surface area contributed by atoms with Crippen LogP contribution in [0.15, 0.2) is 42.5 Å². The van der Waals surface area contributed by atoms with Gasteiger partial charge in [-0.05, 0) is 48.7 Å². The maximum absolute atomic E-state index is 13.7. The first-order valence-corrected chi connectivity index (χ1v) is 5.94. The van der Waals surface area contributed by atoms with Crippen LogP contribution in [0.4, 0.5) is 10.1 Å². The Kier molecular flexibility index (Phi) is 3.82. The van der Waals surface area contributed by atoms with Gasteiger partial charge in [-0.2, -0.15) is 0 Å². The van der Waals surface area contributed by atoms with Crippen LogP contribution in [0, 0.1) is 5.82 Å². The van der Waals surface area contributed by atoms with Crippen LogP contribution in [0.5, 0.6) is 5.75 Å². The summed E-state index contributed by atoms with van der Waals surface area (Å²) in [5.41, 5.74) is 8.41. The minimum absolute atomic E-state index is 0.300. The number of nitrogens with two attached hydrogens (primary N) is 1. The monoisotopic (exact) mass is 245 g/mol. The summed E-state index contributed by atoms with van der Waals surface area (Å²) in [6, 6.07) is 12.7. The summed E-state index contributed by atoms with van der Waals surface area (Å²) in [5, 5.41) is 0. The maximum Gasteiger partial charge on any atom is 0.165 e. The van der Waals surface area contributed by atoms with Crippen molar-refractivity contribution in [1.82, 2.24) is 0 Å². The van der Waals surface area contributed by atoms with Gasteiger partial charge in [-0.3, -0.25) is 0 Å². The molecular weight excluding hydrogens is 229 g/mol. The zero-order valence-electron chi connectivity index (χ0n) is 10.3. The number of halogens is 1. The molecule has 0 spiro atoms. The Morgan fingerprint density at radius 2 is 1.89 bits per heavy atom. The van der Waals surface area contributed by atoms with Crippen molar-refractivity contribution < 1.29 is 9.13 Å². The average molecular weight is 245 g/mol. The second kappa shape index (κ2) is 5.54. The molecule has 2 aromatic carbocycles. The van der Waals surface area contributed by atoms with E-state index in [-0.39, 0.29) is 5.82 Å². The second-order valence-electron chi connectivity index (χ2n) is 4.12. The quantitative estimate of drug-likeness (QED) is 0.838. The maximum atomic E-state index is 13.7. The number of anilines is 1. The van der Waals surface area contributed by atoms with Crippen molar-refractivity contribution in [2.45, 2.75) is 13.3 Å². The highest BCUT2D eigenvalue weighted by atomic mass is 19.1. The van der Waals surface area contributed by atoms with Gasteiger partial charge in [-0.1, -0.05) is 18.2 Å². The van der Waals surface area contributed by atoms with Gasteiger partial charge in [0.15, 0.2) is 11.6 Å². The molecule has 0 fully saturated rings. The van der Waals surface area contributed by atoms with Crippen molar-refractivity contribution in [1.29, 1.82) is 0 Å². The molecule has 0 saturated heterocycles. The van der Waals surface area contributed by atoms with E-state index < -0.39 is 0 Å². The molecule has 94 valence electrons. The molecule has 0 saturated carbocycles. The van der Waals surface area contributed by atoms with Gasteiger partial charge >= 0.3 is 0 Å². The number of benzene rings is 2. The molecule has 0 atom stereocenters. The van der Waals surface area contributed by atoms with Crippen LogP contribution < -0.4 is 10.5 Å². The summed E-state index contributed by atoms with van der Waals surface area (Å²) >= 11 is 0. The molecular formula is C15H16FNO. The van der Waals surface area contributed by atoms with Gasteiger partial charge in [0.2, 0.25) is 0 Å². The van der Waals surface area contributed by atoms with Crippen molar-refractivity contribution in [2.75, 3.05) is 12.3 Å². The molecule has 0 radical (unpaired) electrons. The van der Waals surface area contributed by atoms with Crippen molar-refractivity contribution in [3.8, 4) is 5.75 Å². The van der Waals surface area contributed by atoms with Crippen molar-refractivity contribution in [3.63, 3.8) is 0 Å². The zero-order chi connectivity index (χ0) is 13.0. The third-order valence-electron chi connectivity index (χ3n) is 2.66. The number of nitrogen functional groups attached to an aromatic ring is 1. The normalized spacial score (nSPS) is 10.3. The number of hydrogen-bond acceptors (Lipinski definition) is 2. The van der Waals surface area contributed by atoms with E-state index in [2.05, 4.69) is 0 Å². The summed E-state index contributed by atoms with van der Waals surface area (Å²) in [7, 11) is 0. The highest BCUT2D eigenvalue weighted by molar-refractivity contribution is 5.42. The fraction of sp³-hybridized carbons (Fsp3) is 0.200. The van der Waals surface area contributed by atoms with Gasteiger partial charge in [0, 0.05) is 5.69 Å². The van der Waals surface area contributed by atoms with Crippen LogP contribution >= 0.6 is 0 Å². The minimum Gasteiger partial charge on any atom is -0.491 e. The molecule has 18 heavy (non-hydrogen) atoms.